The van der Waals surface area contributed by atoms with Gasteiger partial charge in [-0.25, -0.2) is 4.98 Å². The monoisotopic (exact) mass is 352 g/mol. The Balaban J connectivity index is 1.78. The van der Waals surface area contributed by atoms with Crippen LogP contribution < -0.4 is 10.5 Å². The van der Waals surface area contributed by atoms with Crippen molar-refractivity contribution in [3.8, 4) is 5.75 Å². The molecule has 2 N–H and O–H groups in total. The van der Waals surface area contributed by atoms with Crippen molar-refractivity contribution in [2.45, 2.75) is 44.9 Å². The van der Waals surface area contributed by atoms with Crippen molar-refractivity contribution in [1.29, 1.82) is 0 Å². The Hall–Kier alpha value is -2.63. The quantitative estimate of drug-likeness (QED) is 0.720. The molecule has 2 aromatic heterocycles. The molecule has 4 rings (SSSR count). The molecule has 0 radical (unpaired) electrons. The molecule has 136 valence electrons. The summed E-state index contributed by atoms with van der Waals surface area (Å²) in [6, 6.07) is 7.55. The number of fused-ring (bicyclic) bond motifs is 3. The highest BCUT2D eigenvalue weighted by atomic mass is 16.5. The smallest absolute Gasteiger partial charge is 0.222 e. The first-order valence-electron chi connectivity index (χ1n) is 9.35. The highest BCUT2D eigenvalue weighted by Crippen LogP contribution is 2.30. The molecule has 1 aromatic carbocycles. The molecule has 3 aromatic rings. The van der Waals surface area contributed by atoms with Crippen LogP contribution in [0.3, 0.4) is 0 Å². The summed E-state index contributed by atoms with van der Waals surface area (Å²) in [6.45, 7) is 0. The van der Waals surface area contributed by atoms with E-state index in [1.54, 1.807) is 11.6 Å². The number of rotatable bonds is 3. The number of carbonyl (C=O) groups is 1. The summed E-state index contributed by atoms with van der Waals surface area (Å²) in [4.78, 5) is 17.5. The molecule has 1 aliphatic carbocycles. The Kier molecular flexibility index (Phi) is 4.49. The summed E-state index contributed by atoms with van der Waals surface area (Å²) in [5.74, 6) is 1.11. The van der Waals surface area contributed by atoms with E-state index in [1.807, 2.05) is 24.3 Å². The summed E-state index contributed by atoms with van der Waals surface area (Å²) in [6.07, 6.45) is 7.86. The predicted molar refractivity (Wildman–Crippen MR) is 102 cm³/mol. The van der Waals surface area contributed by atoms with E-state index in [9.17, 15) is 4.79 Å². The predicted octanol–water partition coefficient (Wildman–Crippen LogP) is 4.02. The molecule has 0 atom stereocenters. The van der Waals surface area contributed by atoms with E-state index >= 15 is 0 Å². The lowest BCUT2D eigenvalue weighted by Crippen LogP contribution is -2.17. The summed E-state index contributed by atoms with van der Waals surface area (Å²) >= 11 is 0. The van der Waals surface area contributed by atoms with Crippen LogP contribution in [0.5, 0.6) is 5.75 Å². The summed E-state index contributed by atoms with van der Waals surface area (Å²) in [5.41, 5.74) is 8.07. The zero-order valence-corrected chi connectivity index (χ0v) is 15.1. The molecule has 1 aliphatic rings. The molecular formula is C20H24N4O2. The number of methoxy groups -OCH3 is 1. The second kappa shape index (κ2) is 6.94. The molecule has 0 unspecified atom stereocenters. The van der Waals surface area contributed by atoms with Gasteiger partial charge in [0.15, 0.2) is 5.78 Å². The fourth-order valence-electron chi connectivity index (χ4n) is 3.97. The first-order valence-corrected chi connectivity index (χ1v) is 9.35. The van der Waals surface area contributed by atoms with Gasteiger partial charge in [0.1, 0.15) is 17.0 Å². The van der Waals surface area contributed by atoms with E-state index < -0.39 is 0 Å². The maximum Gasteiger partial charge on any atom is 0.222 e. The van der Waals surface area contributed by atoms with Crippen LogP contribution in [0.2, 0.25) is 0 Å². The van der Waals surface area contributed by atoms with Crippen molar-refractivity contribution in [2.24, 2.45) is 5.92 Å². The summed E-state index contributed by atoms with van der Waals surface area (Å²) < 4.78 is 6.96. The number of nitrogens with two attached hydrogens (primary N) is 1. The number of carbonyl (C=O) groups excluding carboxylic acids is 1. The van der Waals surface area contributed by atoms with Crippen LogP contribution >= 0.6 is 0 Å². The number of nitrogens with zero attached hydrogens (tertiary/aromatic N) is 3. The van der Waals surface area contributed by atoms with Gasteiger partial charge in [0.2, 0.25) is 5.95 Å². The number of benzene rings is 1. The third-order valence-electron chi connectivity index (χ3n) is 5.38. The minimum Gasteiger partial charge on any atom is -0.494 e. The first kappa shape index (κ1) is 16.8. The SMILES string of the molecule is COc1cccc2c1nc(N)n1nc(C(=O)C3CCCCCCC3)cc21. The number of nitrogen functional groups attached to an aromatic ring is 1. The standard InChI is InChI=1S/C20H24N4O2/c1-26-17-11-7-10-14-16-12-15(23-24(16)20(21)22-18(14)17)19(25)13-8-5-3-2-4-6-9-13/h7,10-13H,2-6,8-9H2,1H3,(H2,21,22). The van der Waals surface area contributed by atoms with Crippen LogP contribution in [0.15, 0.2) is 24.3 Å². The average molecular weight is 352 g/mol. The molecule has 6 heteroatoms. The van der Waals surface area contributed by atoms with Gasteiger partial charge in [0.25, 0.3) is 0 Å². The van der Waals surface area contributed by atoms with Gasteiger partial charge < -0.3 is 10.5 Å². The van der Waals surface area contributed by atoms with Crippen molar-refractivity contribution in [3.05, 3.63) is 30.0 Å². The number of Topliss-reactive ketones (excluding diaryl/α,β-unsaturated/α-hetero) is 1. The maximum atomic E-state index is 13.0. The van der Waals surface area contributed by atoms with Crippen molar-refractivity contribution < 1.29 is 9.53 Å². The Morgan fingerprint density at radius 3 is 2.65 bits per heavy atom. The third-order valence-corrected chi connectivity index (χ3v) is 5.38. The minimum atomic E-state index is 0.0650. The number of anilines is 1. The molecule has 0 spiro atoms. The zero-order chi connectivity index (χ0) is 18.1. The summed E-state index contributed by atoms with van der Waals surface area (Å²) in [7, 11) is 1.61. The molecule has 0 amide bonds. The largest absolute Gasteiger partial charge is 0.494 e. The van der Waals surface area contributed by atoms with Crippen LogP contribution in [-0.4, -0.2) is 27.5 Å². The van der Waals surface area contributed by atoms with Gasteiger partial charge in [-0.2, -0.15) is 9.61 Å². The van der Waals surface area contributed by atoms with Crippen molar-refractivity contribution in [3.63, 3.8) is 0 Å². The van der Waals surface area contributed by atoms with Gasteiger partial charge >= 0.3 is 0 Å². The lowest BCUT2D eigenvalue weighted by atomic mass is 9.87. The Bertz CT molecular complexity index is 955. The highest BCUT2D eigenvalue weighted by molar-refractivity contribution is 6.02. The normalized spacial score (nSPS) is 16.5. The lowest BCUT2D eigenvalue weighted by Gasteiger charge is -2.17. The molecule has 0 aliphatic heterocycles. The maximum absolute atomic E-state index is 13.0. The highest BCUT2D eigenvalue weighted by Gasteiger charge is 2.24. The van der Waals surface area contributed by atoms with Gasteiger partial charge in [0.05, 0.1) is 12.6 Å². The molecule has 0 saturated heterocycles. The number of hydrogen-bond donors (Lipinski definition) is 1. The minimum absolute atomic E-state index is 0.0650. The van der Waals surface area contributed by atoms with Gasteiger partial charge in [0, 0.05) is 11.3 Å². The van der Waals surface area contributed by atoms with E-state index in [2.05, 4.69) is 10.1 Å². The number of ketones is 1. The molecule has 26 heavy (non-hydrogen) atoms. The zero-order valence-electron chi connectivity index (χ0n) is 15.1. The van der Waals surface area contributed by atoms with Gasteiger partial charge in [-0.05, 0) is 25.0 Å². The molecule has 6 nitrogen and oxygen atoms in total. The Morgan fingerprint density at radius 1 is 1.19 bits per heavy atom. The fraction of sp³-hybridized carbons (Fsp3) is 0.450. The lowest BCUT2D eigenvalue weighted by molar-refractivity contribution is 0.0893. The number of aromatic nitrogens is 3. The van der Waals surface area contributed by atoms with Gasteiger partial charge in [-0.3, -0.25) is 4.79 Å². The Labute approximate surface area is 152 Å². The average Bonchev–Trinajstić information content (AvgIpc) is 3.07. The van der Waals surface area contributed by atoms with E-state index in [0.717, 1.165) is 36.6 Å². The number of ether oxygens (including phenoxy) is 1. The second-order valence-electron chi connectivity index (χ2n) is 7.06. The van der Waals surface area contributed by atoms with Crippen LogP contribution in [-0.2, 0) is 0 Å². The van der Waals surface area contributed by atoms with E-state index in [0.29, 0.717) is 17.0 Å². The molecule has 0 bridgehead atoms. The van der Waals surface area contributed by atoms with Crippen LogP contribution in [0.4, 0.5) is 5.95 Å². The molecule has 1 fully saturated rings. The number of para-hydroxylation sites is 1. The molecular weight excluding hydrogens is 328 g/mol. The van der Waals surface area contributed by atoms with Crippen molar-refractivity contribution >= 4 is 28.2 Å². The second-order valence-corrected chi connectivity index (χ2v) is 7.06. The van der Waals surface area contributed by atoms with E-state index in [1.165, 1.54) is 19.3 Å². The number of hydrogen-bond acceptors (Lipinski definition) is 5. The van der Waals surface area contributed by atoms with Gasteiger partial charge in [-0.15, -0.1) is 0 Å². The van der Waals surface area contributed by atoms with Crippen molar-refractivity contribution in [1.82, 2.24) is 14.6 Å². The Morgan fingerprint density at radius 2 is 1.92 bits per heavy atom. The molecule has 1 saturated carbocycles. The fourth-order valence-corrected chi connectivity index (χ4v) is 3.97. The third kappa shape index (κ3) is 2.89. The topological polar surface area (TPSA) is 82.5 Å². The van der Waals surface area contributed by atoms with E-state index in [4.69, 9.17) is 10.5 Å². The molecule has 2 heterocycles. The first-order chi connectivity index (χ1) is 12.7. The van der Waals surface area contributed by atoms with Crippen LogP contribution in [0.25, 0.3) is 16.4 Å². The van der Waals surface area contributed by atoms with Crippen LogP contribution in [0, 0.1) is 5.92 Å². The van der Waals surface area contributed by atoms with Crippen LogP contribution in [0.1, 0.15) is 55.4 Å². The van der Waals surface area contributed by atoms with Crippen molar-refractivity contribution in [2.75, 3.05) is 12.8 Å². The summed E-state index contributed by atoms with van der Waals surface area (Å²) in [5, 5.41) is 5.36. The van der Waals surface area contributed by atoms with E-state index in [-0.39, 0.29) is 17.6 Å². The van der Waals surface area contributed by atoms with Gasteiger partial charge in [-0.1, -0.05) is 44.2 Å².